The lowest BCUT2D eigenvalue weighted by atomic mass is 10.0. The molecule has 1 saturated heterocycles. The van der Waals surface area contributed by atoms with Crippen molar-refractivity contribution in [1.82, 2.24) is 9.80 Å². The van der Waals surface area contributed by atoms with Crippen LogP contribution in [0.5, 0.6) is 5.75 Å². The fraction of sp³-hybridized carbons (Fsp3) is 0.581. The van der Waals surface area contributed by atoms with E-state index in [0.717, 1.165) is 83.3 Å². The van der Waals surface area contributed by atoms with Crippen LogP contribution in [0.1, 0.15) is 50.2 Å². The normalized spacial score (nSPS) is 18.0. The van der Waals surface area contributed by atoms with Crippen LogP contribution in [-0.2, 0) is 22.6 Å². The van der Waals surface area contributed by atoms with Gasteiger partial charge in [0, 0.05) is 63.1 Å². The summed E-state index contributed by atoms with van der Waals surface area (Å²) in [6.45, 7) is 9.98. The summed E-state index contributed by atoms with van der Waals surface area (Å²) in [6, 6.07) is 15.1. The molecule has 0 unspecified atom stereocenters. The van der Waals surface area contributed by atoms with Gasteiger partial charge in [0.25, 0.3) is 0 Å². The zero-order chi connectivity index (χ0) is 26.7. The van der Waals surface area contributed by atoms with Gasteiger partial charge in [-0.1, -0.05) is 37.5 Å². The second kappa shape index (κ2) is 14.5. The van der Waals surface area contributed by atoms with E-state index in [1.54, 1.807) is 6.92 Å². The Morgan fingerprint density at radius 2 is 1.68 bits per heavy atom. The summed E-state index contributed by atoms with van der Waals surface area (Å²) >= 11 is 0. The Labute approximate surface area is 229 Å². The Balaban J connectivity index is 1.63. The lowest BCUT2D eigenvalue weighted by Crippen LogP contribution is -2.36. The minimum absolute atomic E-state index is 0.119. The van der Waals surface area contributed by atoms with E-state index in [2.05, 4.69) is 71.3 Å². The van der Waals surface area contributed by atoms with Gasteiger partial charge < -0.3 is 24.2 Å². The van der Waals surface area contributed by atoms with Gasteiger partial charge in [0.1, 0.15) is 12.4 Å². The largest absolute Gasteiger partial charge is 0.492 e. The number of morpholine rings is 1. The third-order valence-corrected chi connectivity index (χ3v) is 7.52. The van der Waals surface area contributed by atoms with Gasteiger partial charge in [0.15, 0.2) is 0 Å². The van der Waals surface area contributed by atoms with E-state index >= 15 is 0 Å². The molecule has 0 N–H and O–H groups in total. The maximum atomic E-state index is 12.8. The summed E-state index contributed by atoms with van der Waals surface area (Å²) in [5.74, 6) is 1.08. The molecule has 208 valence electrons. The fourth-order valence-electron chi connectivity index (χ4n) is 5.37. The Hall–Kier alpha value is -2.61. The SMILES string of the molecule is CC(=O)N1CCCCCCCN(Cc2ccccc2OCCN(C)C)Cc2cc(N3CCOCC3)ccc21. The number of para-hydroxylation sites is 1. The smallest absolute Gasteiger partial charge is 0.223 e. The summed E-state index contributed by atoms with van der Waals surface area (Å²) in [5, 5.41) is 0. The van der Waals surface area contributed by atoms with Gasteiger partial charge in [0.2, 0.25) is 5.91 Å². The van der Waals surface area contributed by atoms with Crippen molar-refractivity contribution in [3.05, 3.63) is 53.6 Å². The zero-order valence-corrected chi connectivity index (χ0v) is 23.7. The molecular weight excluding hydrogens is 476 g/mol. The van der Waals surface area contributed by atoms with Crippen molar-refractivity contribution < 1.29 is 14.3 Å². The molecule has 0 radical (unpaired) electrons. The second-order valence-electron chi connectivity index (χ2n) is 10.8. The fourth-order valence-corrected chi connectivity index (χ4v) is 5.37. The molecule has 0 spiro atoms. The number of anilines is 2. The van der Waals surface area contributed by atoms with E-state index in [4.69, 9.17) is 9.47 Å². The van der Waals surface area contributed by atoms with Crippen LogP contribution in [0.15, 0.2) is 42.5 Å². The topological polar surface area (TPSA) is 48.5 Å². The monoisotopic (exact) mass is 522 g/mol. The van der Waals surface area contributed by atoms with Gasteiger partial charge in [-0.15, -0.1) is 0 Å². The van der Waals surface area contributed by atoms with Crippen LogP contribution in [0.3, 0.4) is 0 Å². The van der Waals surface area contributed by atoms with Crippen molar-refractivity contribution in [2.45, 2.75) is 52.1 Å². The van der Waals surface area contributed by atoms with Crippen LogP contribution in [0, 0.1) is 0 Å². The molecule has 4 rings (SSSR count). The highest BCUT2D eigenvalue weighted by molar-refractivity contribution is 5.92. The number of benzene rings is 2. The number of amides is 1. The minimum atomic E-state index is 0.119. The molecule has 7 nitrogen and oxygen atoms in total. The van der Waals surface area contributed by atoms with Crippen molar-refractivity contribution in [3.63, 3.8) is 0 Å². The highest BCUT2D eigenvalue weighted by Crippen LogP contribution is 2.31. The Kier molecular flexibility index (Phi) is 10.9. The number of rotatable bonds is 7. The van der Waals surface area contributed by atoms with E-state index in [1.165, 1.54) is 36.1 Å². The van der Waals surface area contributed by atoms with E-state index in [-0.39, 0.29) is 5.91 Å². The maximum absolute atomic E-state index is 12.8. The molecule has 2 heterocycles. The summed E-state index contributed by atoms with van der Waals surface area (Å²) in [6.07, 6.45) is 5.82. The molecule has 0 aliphatic carbocycles. The number of ether oxygens (including phenoxy) is 2. The van der Waals surface area contributed by atoms with Crippen molar-refractivity contribution in [1.29, 1.82) is 0 Å². The predicted molar refractivity (Wildman–Crippen MR) is 155 cm³/mol. The van der Waals surface area contributed by atoms with Crippen LogP contribution in [0.2, 0.25) is 0 Å². The molecule has 1 fully saturated rings. The van der Waals surface area contributed by atoms with Gasteiger partial charge >= 0.3 is 0 Å². The van der Waals surface area contributed by atoms with E-state index in [1.807, 2.05) is 4.90 Å². The Morgan fingerprint density at radius 1 is 0.947 bits per heavy atom. The van der Waals surface area contributed by atoms with Crippen LogP contribution in [0.4, 0.5) is 11.4 Å². The van der Waals surface area contributed by atoms with Gasteiger partial charge in [-0.3, -0.25) is 9.69 Å². The molecular formula is C31H46N4O3. The standard InChI is InChI=1S/C31H46N4O3/c1-26(36)35-16-10-6-4-5-9-15-33(24-27-11-7-8-12-31(27)38-22-17-32(2)3)25-28-23-29(13-14-30(28)35)34-18-20-37-21-19-34/h7-8,11-14,23H,4-6,9-10,15-22,24-25H2,1-3H3. The molecule has 0 bridgehead atoms. The van der Waals surface area contributed by atoms with Crippen molar-refractivity contribution in [2.75, 3.05) is 76.4 Å². The minimum Gasteiger partial charge on any atom is -0.492 e. The van der Waals surface area contributed by atoms with Crippen LogP contribution in [0.25, 0.3) is 0 Å². The summed E-state index contributed by atoms with van der Waals surface area (Å²) in [4.78, 5) is 21.9. The van der Waals surface area contributed by atoms with Crippen molar-refractivity contribution in [3.8, 4) is 5.75 Å². The molecule has 2 aromatic carbocycles. The first-order valence-corrected chi connectivity index (χ1v) is 14.3. The summed E-state index contributed by atoms with van der Waals surface area (Å²) in [7, 11) is 4.14. The number of carbonyl (C=O) groups excluding carboxylic acids is 1. The van der Waals surface area contributed by atoms with Gasteiger partial charge in [0.05, 0.1) is 13.2 Å². The Bertz CT molecular complexity index is 1020. The number of hydrogen-bond acceptors (Lipinski definition) is 6. The number of likely N-dealkylation sites (N-methyl/N-ethyl adjacent to an activating group) is 1. The molecule has 38 heavy (non-hydrogen) atoms. The third kappa shape index (κ3) is 8.19. The summed E-state index contributed by atoms with van der Waals surface area (Å²) < 4.78 is 11.8. The second-order valence-corrected chi connectivity index (χ2v) is 10.8. The third-order valence-electron chi connectivity index (χ3n) is 7.52. The molecule has 2 aliphatic heterocycles. The van der Waals surface area contributed by atoms with Crippen LogP contribution in [-0.4, -0.2) is 82.3 Å². The van der Waals surface area contributed by atoms with Crippen LogP contribution >= 0.6 is 0 Å². The molecule has 1 amide bonds. The zero-order valence-electron chi connectivity index (χ0n) is 23.7. The average molecular weight is 523 g/mol. The number of carbonyl (C=O) groups is 1. The van der Waals surface area contributed by atoms with E-state index in [0.29, 0.717) is 6.61 Å². The molecule has 2 aromatic rings. The highest BCUT2D eigenvalue weighted by Gasteiger charge is 2.21. The lowest BCUT2D eigenvalue weighted by molar-refractivity contribution is -0.116. The quantitative estimate of drug-likeness (QED) is 0.522. The molecule has 2 aliphatic rings. The Morgan fingerprint density at radius 3 is 2.45 bits per heavy atom. The molecule has 0 saturated carbocycles. The molecule has 0 atom stereocenters. The molecule has 0 aromatic heterocycles. The van der Waals surface area contributed by atoms with Gasteiger partial charge in [-0.05, 0) is 63.3 Å². The van der Waals surface area contributed by atoms with Crippen LogP contribution < -0.4 is 14.5 Å². The lowest BCUT2D eigenvalue weighted by Gasteiger charge is -2.32. The molecule has 7 heteroatoms. The maximum Gasteiger partial charge on any atom is 0.223 e. The number of nitrogens with zero attached hydrogens (tertiary/aromatic N) is 4. The van der Waals surface area contributed by atoms with Gasteiger partial charge in [-0.2, -0.15) is 0 Å². The predicted octanol–water partition coefficient (Wildman–Crippen LogP) is 4.78. The first-order chi connectivity index (χ1) is 18.5. The van der Waals surface area contributed by atoms with Crippen molar-refractivity contribution >= 4 is 17.3 Å². The number of fused-ring (bicyclic) bond motifs is 1. The average Bonchev–Trinajstić information content (AvgIpc) is 2.90. The first-order valence-electron chi connectivity index (χ1n) is 14.3. The summed E-state index contributed by atoms with van der Waals surface area (Å²) in [5.41, 5.74) is 4.70. The highest BCUT2D eigenvalue weighted by atomic mass is 16.5. The van der Waals surface area contributed by atoms with E-state index < -0.39 is 0 Å². The number of hydrogen-bond donors (Lipinski definition) is 0. The van der Waals surface area contributed by atoms with E-state index in [9.17, 15) is 4.79 Å². The first kappa shape index (κ1) is 28.4. The van der Waals surface area contributed by atoms with Gasteiger partial charge in [-0.25, -0.2) is 0 Å². The van der Waals surface area contributed by atoms with Crippen molar-refractivity contribution in [2.24, 2.45) is 0 Å².